The van der Waals surface area contributed by atoms with Crippen LogP contribution in [0.5, 0.6) is 11.6 Å². The third-order valence-electron chi connectivity index (χ3n) is 4.05. The number of imidazole rings is 1. The molecular weight excluding hydrogens is 409 g/mol. The van der Waals surface area contributed by atoms with Crippen LogP contribution in [0.2, 0.25) is 0 Å². The average Bonchev–Trinajstić information content (AvgIpc) is 3.26. The van der Waals surface area contributed by atoms with Crippen LogP contribution in [0.15, 0.2) is 79.4 Å². The molecule has 2 aromatic heterocycles. The highest BCUT2D eigenvalue weighted by molar-refractivity contribution is 7.91. The van der Waals surface area contributed by atoms with Gasteiger partial charge in [-0.1, -0.05) is 18.2 Å². The summed E-state index contributed by atoms with van der Waals surface area (Å²) in [6.45, 7) is 0. The van der Waals surface area contributed by atoms with Gasteiger partial charge in [0.05, 0.1) is 5.75 Å². The van der Waals surface area contributed by atoms with Crippen LogP contribution < -0.4 is 9.46 Å². The molecule has 0 bridgehead atoms. The fourth-order valence-electron chi connectivity index (χ4n) is 2.65. The van der Waals surface area contributed by atoms with Gasteiger partial charge < -0.3 is 4.74 Å². The molecule has 4 rings (SSSR count). The van der Waals surface area contributed by atoms with Crippen LogP contribution in [-0.2, 0) is 15.8 Å². The van der Waals surface area contributed by atoms with Crippen molar-refractivity contribution in [3.05, 3.63) is 90.8 Å². The topological polar surface area (TPSA) is 99.0 Å². The SMILES string of the molecule is O=S(=O)(Cc1ccccc1F)Nc1ccc(Oc2ccc(-n3ccnc3)nn2)cc1. The van der Waals surface area contributed by atoms with Gasteiger partial charge in [0, 0.05) is 29.7 Å². The summed E-state index contributed by atoms with van der Waals surface area (Å²) in [6, 6.07) is 15.4. The molecule has 0 spiro atoms. The fraction of sp³-hybridized carbons (Fsp3) is 0.0500. The van der Waals surface area contributed by atoms with E-state index in [9.17, 15) is 12.8 Å². The number of sulfonamides is 1. The molecule has 0 aliphatic rings. The zero-order valence-electron chi connectivity index (χ0n) is 15.5. The number of aromatic nitrogens is 4. The minimum Gasteiger partial charge on any atom is -0.438 e. The molecule has 4 aromatic rings. The van der Waals surface area contributed by atoms with Crippen LogP contribution in [0.25, 0.3) is 5.82 Å². The van der Waals surface area contributed by atoms with Crippen LogP contribution in [-0.4, -0.2) is 28.2 Å². The molecule has 0 fully saturated rings. The Balaban J connectivity index is 1.39. The number of ether oxygens (including phenoxy) is 1. The summed E-state index contributed by atoms with van der Waals surface area (Å²) in [4.78, 5) is 3.95. The van der Waals surface area contributed by atoms with Gasteiger partial charge in [0.25, 0.3) is 0 Å². The van der Waals surface area contributed by atoms with Crippen molar-refractivity contribution in [1.29, 1.82) is 0 Å². The highest BCUT2D eigenvalue weighted by Crippen LogP contribution is 2.22. The molecule has 0 aliphatic carbocycles. The number of nitrogens with one attached hydrogen (secondary N) is 1. The van der Waals surface area contributed by atoms with E-state index in [1.54, 1.807) is 65.8 Å². The molecule has 10 heteroatoms. The molecule has 0 saturated carbocycles. The Morgan fingerprint density at radius 1 is 1.00 bits per heavy atom. The van der Waals surface area contributed by atoms with Gasteiger partial charge in [-0.25, -0.2) is 17.8 Å². The lowest BCUT2D eigenvalue weighted by Gasteiger charge is -2.10. The van der Waals surface area contributed by atoms with Crippen molar-refractivity contribution in [3.63, 3.8) is 0 Å². The van der Waals surface area contributed by atoms with Crippen LogP contribution >= 0.6 is 0 Å². The summed E-state index contributed by atoms with van der Waals surface area (Å²) >= 11 is 0. The van der Waals surface area contributed by atoms with Crippen LogP contribution in [0.1, 0.15) is 5.56 Å². The lowest BCUT2D eigenvalue weighted by molar-refractivity contribution is 0.454. The highest BCUT2D eigenvalue weighted by atomic mass is 32.2. The summed E-state index contributed by atoms with van der Waals surface area (Å²) in [7, 11) is -3.77. The molecule has 0 amide bonds. The standard InChI is InChI=1S/C20H16FN5O3S/c21-18-4-2-1-3-15(18)13-30(27,28)25-16-5-7-17(8-6-16)29-20-10-9-19(23-24-20)26-12-11-22-14-26/h1-12,14,25H,13H2. The van der Waals surface area contributed by atoms with Crippen LogP contribution in [0.4, 0.5) is 10.1 Å². The zero-order chi connectivity index (χ0) is 21.0. The molecule has 0 atom stereocenters. The van der Waals surface area contributed by atoms with E-state index in [0.717, 1.165) is 0 Å². The van der Waals surface area contributed by atoms with E-state index in [-0.39, 0.29) is 11.4 Å². The fourth-order valence-corrected chi connectivity index (χ4v) is 3.86. The Kier molecular flexibility index (Phi) is 5.40. The van der Waals surface area contributed by atoms with Gasteiger partial charge in [0.15, 0.2) is 5.82 Å². The lowest BCUT2D eigenvalue weighted by atomic mass is 10.2. The predicted molar refractivity (Wildman–Crippen MR) is 108 cm³/mol. The Morgan fingerprint density at radius 3 is 2.47 bits per heavy atom. The first-order valence-electron chi connectivity index (χ1n) is 8.82. The molecule has 30 heavy (non-hydrogen) atoms. The summed E-state index contributed by atoms with van der Waals surface area (Å²) < 4.78 is 48.0. The number of anilines is 1. The van der Waals surface area contributed by atoms with Crippen molar-refractivity contribution in [2.24, 2.45) is 0 Å². The van der Waals surface area contributed by atoms with Gasteiger partial charge >= 0.3 is 0 Å². The molecule has 0 saturated heterocycles. The molecule has 152 valence electrons. The van der Waals surface area contributed by atoms with Crippen LogP contribution in [0, 0.1) is 5.82 Å². The maximum Gasteiger partial charge on any atom is 0.238 e. The molecule has 0 radical (unpaired) electrons. The number of halogens is 1. The maximum absolute atomic E-state index is 13.7. The van der Waals surface area contributed by atoms with E-state index in [0.29, 0.717) is 17.3 Å². The Morgan fingerprint density at radius 2 is 1.80 bits per heavy atom. The summed E-state index contributed by atoms with van der Waals surface area (Å²) in [5, 5.41) is 8.06. The Bertz CT molecular complexity index is 1230. The van der Waals surface area contributed by atoms with Gasteiger partial charge in [-0.3, -0.25) is 9.29 Å². The monoisotopic (exact) mass is 425 g/mol. The first-order chi connectivity index (χ1) is 14.5. The van der Waals surface area contributed by atoms with Crippen molar-refractivity contribution < 1.29 is 17.5 Å². The first-order valence-corrected chi connectivity index (χ1v) is 10.5. The molecule has 0 aliphatic heterocycles. The lowest BCUT2D eigenvalue weighted by Crippen LogP contribution is -2.15. The molecule has 0 unspecified atom stereocenters. The van der Waals surface area contributed by atoms with E-state index in [4.69, 9.17) is 4.74 Å². The Labute approximate surface area is 172 Å². The smallest absolute Gasteiger partial charge is 0.238 e. The summed E-state index contributed by atoms with van der Waals surface area (Å²) in [5.74, 6) is 0.311. The van der Waals surface area contributed by atoms with Crippen molar-refractivity contribution in [1.82, 2.24) is 19.7 Å². The number of nitrogens with zero attached hydrogens (tertiary/aromatic N) is 4. The normalized spacial score (nSPS) is 11.2. The number of hydrogen-bond acceptors (Lipinski definition) is 6. The maximum atomic E-state index is 13.7. The molecule has 1 N–H and O–H groups in total. The molecule has 8 nitrogen and oxygen atoms in total. The quantitative estimate of drug-likeness (QED) is 0.486. The molecule has 2 aromatic carbocycles. The molecule has 2 heterocycles. The van der Waals surface area contributed by atoms with Crippen LogP contribution in [0.3, 0.4) is 0 Å². The first kappa shape index (κ1) is 19.5. The average molecular weight is 425 g/mol. The van der Waals surface area contributed by atoms with Crippen molar-refractivity contribution in [2.45, 2.75) is 5.75 Å². The summed E-state index contributed by atoms with van der Waals surface area (Å²) in [6.07, 6.45) is 4.99. The highest BCUT2D eigenvalue weighted by Gasteiger charge is 2.14. The van der Waals surface area contributed by atoms with Gasteiger partial charge in [0.1, 0.15) is 17.9 Å². The minimum atomic E-state index is -3.77. The Hall–Kier alpha value is -3.79. The van der Waals surface area contributed by atoms with E-state index < -0.39 is 21.6 Å². The second kappa shape index (κ2) is 8.29. The predicted octanol–water partition coefficient (Wildman–Crippen LogP) is 3.54. The third kappa shape index (κ3) is 4.78. The number of hydrogen-bond donors (Lipinski definition) is 1. The van der Waals surface area contributed by atoms with E-state index in [1.807, 2.05) is 0 Å². The van der Waals surface area contributed by atoms with E-state index >= 15 is 0 Å². The number of rotatable bonds is 7. The zero-order valence-corrected chi connectivity index (χ0v) is 16.3. The third-order valence-corrected chi connectivity index (χ3v) is 5.29. The van der Waals surface area contributed by atoms with Gasteiger partial charge in [0.2, 0.25) is 15.9 Å². The van der Waals surface area contributed by atoms with E-state index in [2.05, 4.69) is 19.9 Å². The van der Waals surface area contributed by atoms with Crippen molar-refractivity contribution in [3.8, 4) is 17.4 Å². The number of benzene rings is 2. The second-order valence-corrected chi connectivity index (χ2v) is 8.00. The van der Waals surface area contributed by atoms with Gasteiger partial charge in [-0.15, -0.1) is 10.2 Å². The van der Waals surface area contributed by atoms with Crippen molar-refractivity contribution in [2.75, 3.05) is 4.72 Å². The van der Waals surface area contributed by atoms with E-state index in [1.165, 1.54) is 18.2 Å². The summed E-state index contributed by atoms with van der Waals surface area (Å²) in [5.41, 5.74) is 0.433. The van der Waals surface area contributed by atoms with Gasteiger partial charge in [-0.2, -0.15) is 0 Å². The largest absolute Gasteiger partial charge is 0.438 e. The van der Waals surface area contributed by atoms with Crippen molar-refractivity contribution >= 4 is 15.7 Å². The second-order valence-electron chi connectivity index (χ2n) is 6.28. The molecular formula is C20H16FN5O3S. The van der Waals surface area contributed by atoms with Gasteiger partial charge in [-0.05, 0) is 36.4 Å². The minimum absolute atomic E-state index is 0.0997.